The van der Waals surface area contributed by atoms with Crippen molar-refractivity contribution in [1.82, 2.24) is 15.3 Å². The van der Waals surface area contributed by atoms with Crippen LogP contribution in [-0.4, -0.2) is 41.4 Å². The van der Waals surface area contributed by atoms with Gasteiger partial charge in [-0.25, -0.2) is 9.37 Å². The Hall–Kier alpha value is -2.28. The summed E-state index contributed by atoms with van der Waals surface area (Å²) in [6, 6.07) is 2.71. The number of halogens is 1. The molecule has 0 aliphatic carbocycles. The lowest BCUT2D eigenvalue weighted by atomic mass is 10.2. The van der Waals surface area contributed by atoms with Gasteiger partial charge >= 0.3 is 0 Å². The fraction of sp³-hybridized carbons (Fsp3) is 0.400. The number of Topliss-reactive ketones (excluding diaryl/α,β-unsaturated/α-hetero) is 1. The SMILES string of the molecule is CC(=O)CNC1CCN(c2nc3[nH]ccc(=O)c3cc2F)C1. The van der Waals surface area contributed by atoms with Gasteiger partial charge in [0.1, 0.15) is 11.4 Å². The van der Waals surface area contributed by atoms with Gasteiger partial charge in [0, 0.05) is 31.4 Å². The van der Waals surface area contributed by atoms with Gasteiger partial charge in [0.15, 0.2) is 17.1 Å². The van der Waals surface area contributed by atoms with Crippen molar-refractivity contribution >= 4 is 22.6 Å². The van der Waals surface area contributed by atoms with Gasteiger partial charge in [-0.05, 0) is 19.4 Å². The summed E-state index contributed by atoms with van der Waals surface area (Å²) in [4.78, 5) is 31.6. The van der Waals surface area contributed by atoms with Crippen LogP contribution in [0.3, 0.4) is 0 Å². The second-order valence-electron chi connectivity index (χ2n) is 5.55. The number of pyridine rings is 2. The van der Waals surface area contributed by atoms with E-state index in [1.807, 2.05) is 4.90 Å². The Kier molecular flexibility index (Phi) is 3.89. The van der Waals surface area contributed by atoms with Gasteiger partial charge < -0.3 is 15.2 Å². The zero-order chi connectivity index (χ0) is 15.7. The summed E-state index contributed by atoms with van der Waals surface area (Å²) in [6.45, 7) is 3.09. The number of carbonyl (C=O) groups excluding carboxylic acids is 1. The number of nitrogens with zero attached hydrogens (tertiary/aromatic N) is 2. The number of fused-ring (bicyclic) bond motifs is 1. The third kappa shape index (κ3) is 2.85. The van der Waals surface area contributed by atoms with Crippen molar-refractivity contribution in [2.45, 2.75) is 19.4 Å². The summed E-state index contributed by atoms with van der Waals surface area (Å²) >= 11 is 0. The van der Waals surface area contributed by atoms with Gasteiger partial charge in [-0.2, -0.15) is 0 Å². The van der Waals surface area contributed by atoms with Crippen LogP contribution >= 0.6 is 0 Å². The lowest BCUT2D eigenvalue weighted by molar-refractivity contribution is -0.116. The molecule has 2 aromatic rings. The molecule has 0 saturated carbocycles. The highest BCUT2D eigenvalue weighted by atomic mass is 19.1. The van der Waals surface area contributed by atoms with Crippen molar-refractivity contribution < 1.29 is 9.18 Å². The monoisotopic (exact) mass is 304 g/mol. The van der Waals surface area contributed by atoms with E-state index in [1.54, 1.807) is 0 Å². The Balaban J connectivity index is 1.83. The largest absolute Gasteiger partial charge is 0.352 e. The van der Waals surface area contributed by atoms with E-state index < -0.39 is 5.82 Å². The Morgan fingerprint density at radius 3 is 3.18 bits per heavy atom. The first-order chi connectivity index (χ1) is 10.5. The van der Waals surface area contributed by atoms with E-state index in [0.29, 0.717) is 25.3 Å². The highest BCUT2D eigenvalue weighted by Gasteiger charge is 2.26. The predicted molar refractivity (Wildman–Crippen MR) is 81.6 cm³/mol. The first kappa shape index (κ1) is 14.6. The standard InChI is InChI=1S/C15H17FN4O2/c1-9(21)7-18-10-3-5-20(8-10)15-12(16)6-11-13(22)2-4-17-14(11)19-15/h2,4,6,10,18H,3,5,7-8H2,1H3,(H,17,19,22). The number of hydrogen-bond donors (Lipinski definition) is 2. The summed E-state index contributed by atoms with van der Waals surface area (Å²) < 4.78 is 14.3. The number of rotatable bonds is 4. The van der Waals surface area contributed by atoms with Crippen LogP contribution in [0.1, 0.15) is 13.3 Å². The molecule has 2 aromatic heterocycles. The zero-order valence-corrected chi connectivity index (χ0v) is 12.2. The first-order valence-electron chi connectivity index (χ1n) is 7.20. The molecular weight excluding hydrogens is 287 g/mol. The van der Waals surface area contributed by atoms with Gasteiger partial charge in [0.25, 0.3) is 0 Å². The van der Waals surface area contributed by atoms with Crippen LogP contribution in [0.2, 0.25) is 0 Å². The third-order valence-corrected chi connectivity index (χ3v) is 3.81. The molecular formula is C15H17FN4O2. The molecule has 0 aromatic carbocycles. The summed E-state index contributed by atoms with van der Waals surface area (Å²) in [5.41, 5.74) is 0.123. The summed E-state index contributed by atoms with van der Waals surface area (Å²) in [5, 5.41) is 3.39. The number of anilines is 1. The number of nitrogens with one attached hydrogen (secondary N) is 2. The van der Waals surface area contributed by atoms with Crippen LogP contribution in [0.25, 0.3) is 11.0 Å². The van der Waals surface area contributed by atoms with E-state index in [2.05, 4.69) is 15.3 Å². The topological polar surface area (TPSA) is 78.1 Å². The number of aromatic nitrogens is 2. The van der Waals surface area contributed by atoms with Crippen molar-refractivity contribution in [3.63, 3.8) is 0 Å². The molecule has 1 unspecified atom stereocenters. The van der Waals surface area contributed by atoms with Crippen molar-refractivity contribution in [1.29, 1.82) is 0 Å². The molecule has 7 heteroatoms. The van der Waals surface area contributed by atoms with Crippen LogP contribution < -0.4 is 15.6 Å². The molecule has 116 valence electrons. The molecule has 22 heavy (non-hydrogen) atoms. The molecule has 0 radical (unpaired) electrons. The normalized spacial score (nSPS) is 18.1. The molecule has 2 N–H and O–H groups in total. The zero-order valence-electron chi connectivity index (χ0n) is 12.2. The lowest BCUT2D eigenvalue weighted by Crippen LogP contribution is -2.35. The van der Waals surface area contributed by atoms with E-state index in [1.165, 1.54) is 25.3 Å². The van der Waals surface area contributed by atoms with E-state index in [-0.39, 0.29) is 28.5 Å². The van der Waals surface area contributed by atoms with E-state index in [4.69, 9.17) is 0 Å². The minimum Gasteiger partial charge on any atom is -0.352 e. The van der Waals surface area contributed by atoms with Gasteiger partial charge in [-0.15, -0.1) is 0 Å². The number of aromatic amines is 1. The van der Waals surface area contributed by atoms with Gasteiger partial charge in [-0.3, -0.25) is 9.59 Å². The molecule has 0 bridgehead atoms. The third-order valence-electron chi connectivity index (χ3n) is 3.81. The van der Waals surface area contributed by atoms with Crippen LogP contribution in [0.5, 0.6) is 0 Å². The number of hydrogen-bond acceptors (Lipinski definition) is 5. The Morgan fingerprint density at radius 2 is 2.41 bits per heavy atom. The molecule has 1 aliphatic rings. The van der Waals surface area contributed by atoms with Crippen molar-refractivity contribution in [2.75, 3.05) is 24.5 Å². The number of H-pyrrole nitrogens is 1. The minimum atomic E-state index is -0.503. The summed E-state index contributed by atoms with van der Waals surface area (Å²) in [5.74, 6) is -0.191. The quantitative estimate of drug-likeness (QED) is 0.874. The Labute approximate surface area is 126 Å². The molecule has 0 amide bonds. The second kappa shape index (κ2) is 5.84. The van der Waals surface area contributed by atoms with Gasteiger partial charge in [0.05, 0.1) is 11.9 Å². The Morgan fingerprint density at radius 1 is 1.59 bits per heavy atom. The molecule has 1 saturated heterocycles. The first-order valence-corrected chi connectivity index (χ1v) is 7.20. The van der Waals surface area contributed by atoms with E-state index in [9.17, 15) is 14.0 Å². The Bertz CT molecular complexity index is 774. The molecule has 6 nitrogen and oxygen atoms in total. The highest BCUT2D eigenvalue weighted by Crippen LogP contribution is 2.23. The maximum Gasteiger partial charge on any atom is 0.191 e. The fourth-order valence-electron chi connectivity index (χ4n) is 2.69. The molecule has 1 atom stereocenters. The highest BCUT2D eigenvalue weighted by molar-refractivity contribution is 5.78. The van der Waals surface area contributed by atoms with Gasteiger partial charge in [-0.1, -0.05) is 0 Å². The predicted octanol–water partition coefficient (Wildman–Crippen LogP) is 0.819. The number of ketones is 1. The summed E-state index contributed by atoms with van der Waals surface area (Å²) in [7, 11) is 0. The van der Waals surface area contributed by atoms with Crippen LogP contribution in [-0.2, 0) is 4.79 Å². The van der Waals surface area contributed by atoms with Crippen LogP contribution in [0, 0.1) is 5.82 Å². The van der Waals surface area contributed by atoms with Crippen LogP contribution in [0.15, 0.2) is 23.1 Å². The average Bonchev–Trinajstić information content (AvgIpc) is 2.94. The number of carbonyl (C=O) groups is 1. The van der Waals surface area contributed by atoms with Crippen molar-refractivity contribution in [3.05, 3.63) is 34.4 Å². The molecule has 3 rings (SSSR count). The average molecular weight is 304 g/mol. The van der Waals surface area contributed by atoms with E-state index in [0.717, 1.165) is 6.42 Å². The second-order valence-corrected chi connectivity index (χ2v) is 5.55. The summed E-state index contributed by atoms with van der Waals surface area (Å²) in [6.07, 6.45) is 2.32. The fourth-order valence-corrected chi connectivity index (χ4v) is 2.69. The maximum absolute atomic E-state index is 14.3. The van der Waals surface area contributed by atoms with Crippen molar-refractivity contribution in [2.24, 2.45) is 0 Å². The minimum absolute atomic E-state index is 0.0750. The molecule has 3 heterocycles. The van der Waals surface area contributed by atoms with E-state index >= 15 is 0 Å². The molecule has 0 spiro atoms. The van der Waals surface area contributed by atoms with Crippen LogP contribution in [0.4, 0.5) is 10.2 Å². The van der Waals surface area contributed by atoms with Gasteiger partial charge in [0.2, 0.25) is 0 Å². The maximum atomic E-state index is 14.3. The van der Waals surface area contributed by atoms with Crippen molar-refractivity contribution in [3.8, 4) is 0 Å². The lowest BCUT2D eigenvalue weighted by Gasteiger charge is -2.18. The molecule has 1 aliphatic heterocycles. The molecule has 1 fully saturated rings. The smallest absolute Gasteiger partial charge is 0.191 e.